The number of alkyl halides is 3. The van der Waals surface area contributed by atoms with Crippen LogP contribution in [0.4, 0.5) is 13.2 Å². The lowest BCUT2D eigenvalue weighted by atomic mass is 10.1. The van der Waals surface area contributed by atoms with Crippen LogP contribution in [0.25, 0.3) is 0 Å². The summed E-state index contributed by atoms with van der Waals surface area (Å²) in [4.78, 5) is 11.6. The highest BCUT2D eigenvalue weighted by Crippen LogP contribution is 2.13. The zero-order valence-electron chi connectivity index (χ0n) is 9.88. The Morgan fingerprint density at radius 3 is 2.72 bits per heavy atom. The maximum Gasteiger partial charge on any atom is 0.411 e. The lowest BCUT2D eigenvalue weighted by Gasteiger charge is -2.08. The Bertz CT molecular complexity index is 405. The molecule has 0 unspecified atom stereocenters. The first-order chi connectivity index (χ1) is 8.38. The second-order valence-corrected chi connectivity index (χ2v) is 3.79. The first kappa shape index (κ1) is 14.5. The smallest absolute Gasteiger partial charge is 0.370 e. The zero-order chi connectivity index (χ0) is 13.6. The third kappa shape index (κ3) is 5.67. The van der Waals surface area contributed by atoms with E-state index in [0.717, 1.165) is 5.56 Å². The van der Waals surface area contributed by atoms with E-state index in [-0.39, 0.29) is 19.1 Å². The number of carbonyl (C=O) groups excluding carboxylic acids is 1. The summed E-state index contributed by atoms with van der Waals surface area (Å²) in [6, 6.07) is 6.93. The summed E-state index contributed by atoms with van der Waals surface area (Å²) in [5.74, 6) is -0.325. The van der Waals surface area contributed by atoms with Gasteiger partial charge in [0.05, 0.1) is 6.61 Å². The quantitative estimate of drug-likeness (QED) is 0.826. The van der Waals surface area contributed by atoms with E-state index in [0.29, 0.717) is 5.56 Å². The van der Waals surface area contributed by atoms with Crippen LogP contribution < -0.4 is 5.32 Å². The molecule has 100 valence electrons. The topological polar surface area (TPSA) is 38.3 Å². The van der Waals surface area contributed by atoms with Gasteiger partial charge in [0, 0.05) is 12.1 Å². The Labute approximate surface area is 103 Å². The van der Waals surface area contributed by atoms with E-state index >= 15 is 0 Å². The van der Waals surface area contributed by atoms with Crippen LogP contribution in [0, 0.1) is 6.92 Å². The predicted molar refractivity (Wildman–Crippen MR) is 60.4 cm³/mol. The van der Waals surface area contributed by atoms with Crippen molar-refractivity contribution in [3.8, 4) is 0 Å². The second kappa shape index (κ2) is 6.39. The number of aryl methyl sites for hydroxylation is 1. The number of rotatable bonds is 5. The van der Waals surface area contributed by atoms with Crippen LogP contribution in [0.3, 0.4) is 0 Å². The van der Waals surface area contributed by atoms with Gasteiger partial charge in [0.25, 0.3) is 5.91 Å². The van der Waals surface area contributed by atoms with Gasteiger partial charge in [-0.15, -0.1) is 0 Å². The number of nitrogens with one attached hydrogen (secondary N) is 1. The SMILES string of the molecule is Cc1cccc(C(=O)NCCOCC(F)(F)F)c1. The van der Waals surface area contributed by atoms with Crippen LogP contribution in [0.1, 0.15) is 15.9 Å². The minimum atomic E-state index is -4.33. The second-order valence-electron chi connectivity index (χ2n) is 3.79. The van der Waals surface area contributed by atoms with Gasteiger partial charge in [-0.3, -0.25) is 4.79 Å². The lowest BCUT2D eigenvalue weighted by Crippen LogP contribution is -2.28. The Morgan fingerprint density at radius 2 is 2.11 bits per heavy atom. The van der Waals surface area contributed by atoms with Crippen LogP contribution in [0.2, 0.25) is 0 Å². The molecule has 6 heteroatoms. The molecule has 0 bridgehead atoms. The molecule has 1 aromatic carbocycles. The Morgan fingerprint density at radius 1 is 1.39 bits per heavy atom. The standard InChI is InChI=1S/C12H14F3NO2/c1-9-3-2-4-10(7-9)11(17)16-5-6-18-8-12(13,14)15/h2-4,7H,5-6,8H2,1H3,(H,16,17). The number of halogens is 3. The minimum absolute atomic E-state index is 0.0445. The largest absolute Gasteiger partial charge is 0.411 e. The number of ether oxygens (including phenoxy) is 1. The maximum atomic E-state index is 11.7. The first-order valence-electron chi connectivity index (χ1n) is 5.38. The molecule has 0 saturated carbocycles. The van der Waals surface area contributed by atoms with Crippen molar-refractivity contribution in [2.24, 2.45) is 0 Å². The Kier molecular flexibility index (Phi) is 5.15. The van der Waals surface area contributed by atoms with Crippen LogP contribution in [-0.4, -0.2) is 31.8 Å². The van der Waals surface area contributed by atoms with Crippen molar-refractivity contribution in [1.82, 2.24) is 5.32 Å². The van der Waals surface area contributed by atoms with Crippen LogP contribution >= 0.6 is 0 Å². The van der Waals surface area contributed by atoms with Crippen LogP contribution in [0.15, 0.2) is 24.3 Å². The van der Waals surface area contributed by atoms with Crippen molar-refractivity contribution in [2.45, 2.75) is 13.1 Å². The van der Waals surface area contributed by atoms with E-state index in [1.807, 2.05) is 13.0 Å². The molecule has 18 heavy (non-hydrogen) atoms. The molecule has 0 aliphatic heterocycles. The molecule has 0 fully saturated rings. The van der Waals surface area contributed by atoms with Gasteiger partial charge in [0.1, 0.15) is 6.61 Å². The van der Waals surface area contributed by atoms with Gasteiger partial charge in [0.15, 0.2) is 0 Å². The Hall–Kier alpha value is -1.56. The number of benzene rings is 1. The lowest BCUT2D eigenvalue weighted by molar-refractivity contribution is -0.173. The van der Waals surface area contributed by atoms with Crippen molar-refractivity contribution < 1.29 is 22.7 Å². The highest BCUT2D eigenvalue weighted by molar-refractivity contribution is 5.94. The first-order valence-corrected chi connectivity index (χ1v) is 5.38. The van der Waals surface area contributed by atoms with Gasteiger partial charge < -0.3 is 10.1 Å². The molecular formula is C12H14F3NO2. The zero-order valence-corrected chi connectivity index (χ0v) is 9.88. The normalized spacial score (nSPS) is 11.3. The van der Waals surface area contributed by atoms with Gasteiger partial charge in [-0.2, -0.15) is 13.2 Å². The van der Waals surface area contributed by atoms with Gasteiger partial charge in [-0.05, 0) is 19.1 Å². The molecule has 1 amide bonds. The average molecular weight is 261 g/mol. The summed E-state index contributed by atoms with van der Waals surface area (Å²) in [6.45, 7) is 0.427. The molecule has 0 atom stereocenters. The summed E-state index contributed by atoms with van der Waals surface area (Å²) in [5.41, 5.74) is 1.42. The van der Waals surface area contributed by atoms with Crippen molar-refractivity contribution >= 4 is 5.91 Å². The number of hydrogen-bond acceptors (Lipinski definition) is 2. The predicted octanol–water partition coefficient (Wildman–Crippen LogP) is 2.30. The average Bonchev–Trinajstić information content (AvgIpc) is 2.26. The fourth-order valence-corrected chi connectivity index (χ4v) is 1.31. The highest BCUT2D eigenvalue weighted by Gasteiger charge is 2.27. The molecule has 0 radical (unpaired) electrons. The van der Waals surface area contributed by atoms with Gasteiger partial charge >= 0.3 is 6.18 Å². The molecule has 0 saturated heterocycles. The van der Waals surface area contributed by atoms with Crippen molar-refractivity contribution in [2.75, 3.05) is 19.8 Å². The molecular weight excluding hydrogens is 247 g/mol. The van der Waals surface area contributed by atoms with Crippen molar-refractivity contribution in [3.05, 3.63) is 35.4 Å². The molecule has 1 aromatic rings. The van der Waals surface area contributed by atoms with Crippen LogP contribution in [-0.2, 0) is 4.74 Å². The summed E-state index contributed by atoms with van der Waals surface area (Å²) >= 11 is 0. The van der Waals surface area contributed by atoms with E-state index in [1.54, 1.807) is 18.2 Å². The number of amides is 1. The van der Waals surface area contributed by atoms with E-state index < -0.39 is 12.8 Å². The number of carbonyl (C=O) groups is 1. The molecule has 0 spiro atoms. The summed E-state index contributed by atoms with van der Waals surface area (Å²) < 4.78 is 39.6. The summed E-state index contributed by atoms with van der Waals surface area (Å²) in [7, 11) is 0. The Balaban J connectivity index is 2.26. The molecule has 0 aliphatic rings. The third-order valence-electron chi connectivity index (χ3n) is 2.08. The van der Waals surface area contributed by atoms with E-state index in [2.05, 4.69) is 10.1 Å². The molecule has 1 N–H and O–H groups in total. The summed E-state index contributed by atoms with van der Waals surface area (Å²) in [6.07, 6.45) is -4.33. The van der Waals surface area contributed by atoms with E-state index in [1.165, 1.54) is 0 Å². The monoisotopic (exact) mass is 261 g/mol. The molecule has 0 heterocycles. The van der Waals surface area contributed by atoms with Crippen LogP contribution in [0.5, 0.6) is 0 Å². The molecule has 0 aromatic heterocycles. The minimum Gasteiger partial charge on any atom is -0.370 e. The van der Waals surface area contributed by atoms with Gasteiger partial charge in [-0.25, -0.2) is 0 Å². The molecule has 0 aliphatic carbocycles. The van der Waals surface area contributed by atoms with E-state index in [4.69, 9.17) is 0 Å². The molecule has 1 rings (SSSR count). The highest BCUT2D eigenvalue weighted by atomic mass is 19.4. The third-order valence-corrected chi connectivity index (χ3v) is 2.08. The van der Waals surface area contributed by atoms with Gasteiger partial charge in [-0.1, -0.05) is 17.7 Å². The summed E-state index contributed by atoms with van der Waals surface area (Å²) in [5, 5.41) is 2.48. The fraction of sp³-hybridized carbons (Fsp3) is 0.417. The molecule has 3 nitrogen and oxygen atoms in total. The fourth-order valence-electron chi connectivity index (χ4n) is 1.31. The maximum absolute atomic E-state index is 11.7. The van der Waals surface area contributed by atoms with Crippen molar-refractivity contribution in [3.63, 3.8) is 0 Å². The van der Waals surface area contributed by atoms with Gasteiger partial charge in [0.2, 0.25) is 0 Å². The number of hydrogen-bond donors (Lipinski definition) is 1. The van der Waals surface area contributed by atoms with Crippen molar-refractivity contribution in [1.29, 1.82) is 0 Å². The van der Waals surface area contributed by atoms with E-state index in [9.17, 15) is 18.0 Å².